The Bertz CT molecular complexity index is 1880. The first-order valence-corrected chi connectivity index (χ1v) is 13.0. The van der Waals surface area contributed by atoms with Crippen molar-refractivity contribution in [2.24, 2.45) is 5.16 Å². The van der Waals surface area contributed by atoms with Crippen molar-refractivity contribution < 1.29 is 14.0 Å². The van der Waals surface area contributed by atoms with Crippen LogP contribution in [0.15, 0.2) is 82.8 Å². The number of halogens is 2. The molecule has 2 aromatic carbocycles. The fraction of sp³-hybridized carbons (Fsp3) is 0.107. The van der Waals surface area contributed by atoms with Gasteiger partial charge < -0.3 is 14.0 Å². The highest BCUT2D eigenvalue weighted by atomic mass is 35.5. The van der Waals surface area contributed by atoms with E-state index in [1.54, 1.807) is 46.2 Å². The molecule has 0 amide bonds. The van der Waals surface area contributed by atoms with Gasteiger partial charge in [-0.2, -0.15) is 5.10 Å². The lowest BCUT2D eigenvalue weighted by Crippen LogP contribution is -2.15. The van der Waals surface area contributed by atoms with E-state index < -0.39 is 0 Å². The van der Waals surface area contributed by atoms with Gasteiger partial charge in [-0.15, -0.1) is 5.10 Å². The standard InChI is InChI=1S/C28H19Cl2N7O3/c1-16-23-24(21-7-4-12-38-21)25-26-33-22(14-39-32-13-17-5-2-3-6-20(17)30)35-36(26)15-31-27(25)40-28(23)37(34-16)19-10-8-18(29)9-11-19/h2-13,15,24H,14H2,1H3. The van der Waals surface area contributed by atoms with E-state index in [0.29, 0.717) is 44.6 Å². The lowest BCUT2D eigenvalue weighted by atomic mass is 9.88. The fourth-order valence-corrected chi connectivity index (χ4v) is 5.06. The van der Waals surface area contributed by atoms with Gasteiger partial charge in [0.2, 0.25) is 11.8 Å². The lowest BCUT2D eigenvalue weighted by molar-refractivity contribution is 0.126. The maximum Gasteiger partial charge on any atom is 0.230 e. The summed E-state index contributed by atoms with van der Waals surface area (Å²) in [7, 11) is 0. The molecule has 5 heterocycles. The molecular weight excluding hydrogens is 553 g/mol. The zero-order valence-electron chi connectivity index (χ0n) is 20.9. The van der Waals surface area contributed by atoms with Gasteiger partial charge in [0.05, 0.1) is 40.9 Å². The van der Waals surface area contributed by atoms with Crippen molar-refractivity contribution in [2.75, 3.05) is 0 Å². The molecule has 10 nitrogen and oxygen atoms in total. The summed E-state index contributed by atoms with van der Waals surface area (Å²) in [5, 5.41) is 14.6. The van der Waals surface area contributed by atoms with Crippen molar-refractivity contribution in [1.82, 2.24) is 29.4 Å². The first-order valence-electron chi connectivity index (χ1n) is 12.3. The number of hydrogen-bond donors (Lipinski definition) is 0. The molecule has 6 aromatic rings. The number of ether oxygens (including phenoxy) is 1. The Labute approximate surface area is 237 Å². The van der Waals surface area contributed by atoms with Gasteiger partial charge in [0.1, 0.15) is 12.1 Å². The van der Waals surface area contributed by atoms with E-state index in [2.05, 4.69) is 15.2 Å². The molecule has 1 atom stereocenters. The van der Waals surface area contributed by atoms with Crippen LogP contribution in [0.1, 0.15) is 39.9 Å². The second-order valence-electron chi connectivity index (χ2n) is 9.03. The molecule has 0 saturated heterocycles. The van der Waals surface area contributed by atoms with E-state index in [9.17, 15) is 0 Å². The summed E-state index contributed by atoms with van der Waals surface area (Å²) in [5.74, 6) is 1.66. The van der Waals surface area contributed by atoms with Crippen molar-refractivity contribution in [2.45, 2.75) is 19.4 Å². The summed E-state index contributed by atoms with van der Waals surface area (Å²) in [6.45, 7) is 1.98. The molecule has 0 radical (unpaired) electrons. The number of furan rings is 1. The molecule has 1 aliphatic heterocycles. The molecule has 7 rings (SSSR count). The molecule has 0 N–H and O–H groups in total. The van der Waals surface area contributed by atoms with Crippen LogP contribution in [0.3, 0.4) is 0 Å². The van der Waals surface area contributed by atoms with Crippen molar-refractivity contribution in [3.05, 3.63) is 117 Å². The molecule has 0 aliphatic carbocycles. The number of oxime groups is 1. The zero-order valence-corrected chi connectivity index (χ0v) is 22.4. The molecular formula is C28H19Cl2N7O3. The number of aryl methyl sites for hydroxylation is 1. The van der Waals surface area contributed by atoms with Crippen molar-refractivity contribution in [3.8, 4) is 17.4 Å². The number of benzene rings is 2. The monoisotopic (exact) mass is 571 g/mol. The predicted octanol–water partition coefficient (Wildman–Crippen LogP) is 6.35. The van der Waals surface area contributed by atoms with E-state index in [-0.39, 0.29) is 12.5 Å². The number of fused-ring (bicyclic) bond motifs is 4. The molecule has 0 bridgehead atoms. The summed E-state index contributed by atoms with van der Waals surface area (Å²) in [6.07, 6.45) is 4.74. The zero-order chi connectivity index (χ0) is 27.2. The fourth-order valence-electron chi connectivity index (χ4n) is 4.75. The van der Waals surface area contributed by atoms with Crippen molar-refractivity contribution >= 4 is 35.1 Å². The van der Waals surface area contributed by atoms with Gasteiger partial charge in [-0.1, -0.05) is 46.6 Å². The second kappa shape index (κ2) is 9.82. The lowest BCUT2D eigenvalue weighted by Gasteiger charge is -2.24. The van der Waals surface area contributed by atoms with E-state index in [4.69, 9.17) is 47.3 Å². The molecule has 4 aromatic heterocycles. The van der Waals surface area contributed by atoms with Gasteiger partial charge in [0.25, 0.3) is 0 Å². The molecule has 0 fully saturated rings. The normalized spacial score (nSPS) is 14.3. The summed E-state index contributed by atoms with van der Waals surface area (Å²) in [5.41, 5.74) is 4.43. The summed E-state index contributed by atoms with van der Waals surface area (Å²) < 4.78 is 15.6. The maximum absolute atomic E-state index is 6.38. The summed E-state index contributed by atoms with van der Waals surface area (Å²) >= 11 is 12.3. The minimum absolute atomic E-state index is 0.0441. The van der Waals surface area contributed by atoms with Crippen LogP contribution >= 0.6 is 23.2 Å². The third kappa shape index (κ3) is 4.18. The number of aromatic nitrogens is 6. The largest absolute Gasteiger partial charge is 0.468 e. The Morgan fingerprint density at radius 3 is 2.67 bits per heavy atom. The first-order chi connectivity index (χ1) is 19.6. The van der Waals surface area contributed by atoms with Crippen LogP contribution in [-0.4, -0.2) is 35.6 Å². The van der Waals surface area contributed by atoms with Gasteiger partial charge in [-0.25, -0.2) is 19.2 Å². The highest BCUT2D eigenvalue weighted by molar-refractivity contribution is 6.33. The van der Waals surface area contributed by atoms with Gasteiger partial charge in [-0.3, -0.25) is 0 Å². The van der Waals surface area contributed by atoms with E-state index in [1.165, 1.54) is 0 Å². The van der Waals surface area contributed by atoms with Crippen molar-refractivity contribution in [3.63, 3.8) is 0 Å². The van der Waals surface area contributed by atoms with Crippen LogP contribution in [0.25, 0.3) is 11.3 Å². The van der Waals surface area contributed by atoms with Gasteiger partial charge in [-0.05, 0) is 49.4 Å². The first kappa shape index (κ1) is 24.4. The molecule has 12 heteroatoms. The minimum Gasteiger partial charge on any atom is -0.468 e. The minimum atomic E-state index is -0.387. The third-order valence-corrected chi connectivity index (χ3v) is 7.12. The number of nitrogens with zero attached hydrogens (tertiary/aromatic N) is 7. The highest BCUT2D eigenvalue weighted by Gasteiger charge is 2.39. The van der Waals surface area contributed by atoms with Crippen LogP contribution in [0.2, 0.25) is 10.0 Å². The average molecular weight is 572 g/mol. The SMILES string of the molecule is Cc1nn(-c2ccc(Cl)cc2)c2c1C(c1ccco1)c1c(ncn3nc(CON=Cc4ccccc4Cl)nc13)O2. The Hall–Kier alpha value is -4.67. The third-order valence-electron chi connectivity index (χ3n) is 6.53. The van der Waals surface area contributed by atoms with Crippen LogP contribution in [-0.2, 0) is 11.4 Å². The number of rotatable bonds is 6. The molecule has 1 unspecified atom stereocenters. The molecule has 40 heavy (non-hydrogen) atoms. The molecule has 1 aliphatic rings. The van der Waals surface area contributed by atoms with Crippen molar-refractivity contribution in [1.29, 1.82) is 0 Å². The number of hydrogen-bond acceptors (Lipinski definition) is 8. The van der Waals surface area contributed by atoms with Crippen LogP contribution < -0.4 is 4.74 Å². The quantitative estimate of drug-likeness (QED) is 0.169. The topological polar surface area (TPSA) is 105 Å². The maximum atomic E-state index is 6.38. The van der Waals surface area contributed by atoms with Crippen LogP contribution in [0, 0.1) is 6.92 Å². The Balaban J connectivity index is 1.28. The molecule has 0 saturated carbocycles. The average Bonchev–Trinajstić information content (AvgIpc) is 3.71. The summed E-state index contributed by atoms with van der Waals surface area (Å²) in [4.78, 5) is 14.8. The van der Waals surface area contributed by atoms with E-state index in [0.717, 1.165) is 22.5 Å². The van der Waals surface area contributed by atoms with E-state index in [1.807, 2.05) is 49.4 Å². The van der Waals surface area contributed by atoms with Crippen LogP contribution in [0.4, 0.5) is 0 Å². The Kier molecular flexibility index (Phi) is 5.98. The second-order valence-corrected chi connectivity index (χ2v) is 9.88. The van der Waals surface area contributed by atoms with Gasteiger partial charge in [0.15, 0.2) is 18.1 Å². The molecule has 0 spiro atoms. The van der Waals surface area contributed by atoms with Gasteiger partial charge in [0, 0.05) is 15.6 Å². The Morgan fingerprint density at radius 2 is 1.88 bits per heavy atom. The van der Waals surface area contributed by atoms with Crippen LogP contribution in [0.5, 0.6) is 11.8 Å². The highest BCUT2D eigenvalue weighted by Crippen LogP contribution is 2.49. The smallest absolute Gasteiger partial charge is 0.230 e. The van der Waals surface area contributed by atoms with Gasteiger partial charge >= 0.3 is 0 Å². The predicted molar refractivity (Wildman–Crippen MR) is 148 cm³/mol. The summed E-state index contributed by atoms with van der Waals surface area (Å²) in [6, 6.07) is 18.5. The Morgan fingerprint density at radius 1 is 1.02 bits per heavy atom. The molecule has 198 valence electrons. The van der Waals surface area contributed by atoms with E-state index >= 15 is 0 Å².